The van der Waals surface area contributed by atoms with Gasteiger partial charge in [0.25, 0.3) is 0 Å². The number of carboxylic acids is 1. The number of nitrogens with zero attached hydrogens (tertiary/aromatic N) is 1. The fourth-order valence-corrected chi connectivity index (χ4v) is 2.20. The molecule has 2 rings (SSSR count). The van der Waals surface area contributed by atoms with E-state index < -0.39 is 18.1 Å². The maximum Gasteiger partial charge on any atom is 0.411 e. The molecule has 0 aromatic heterocycles. The smallest absolute Gasteiger partial charge is 0.411 e. The minimum atomic E-state index is -1.00. The molecule has 1 aromatic carbocycles. The average Bonchev–Trinajstić information content (AvgIpc) is 2.36. The van der Waals surface area contributed by atoms with E-state index in [1.54, 1.807) is 13.8 Å². The molecule has 1 aromatic rings. The molecular formula is C14H17NO4. The zero-order valence-corrected chi connectivity index (χ0v) is 11.0. The number of ether oxygens (including phenoxy) is 1. The summed E-state index contributed by atoms with van der Waals surface area (Å²) >= 11 is 0. The average molecular weight is 263 g/mol. The number of rotatable bonds is 2. The standard InChI is InChI=1S/C14H17NO4/c1-9(2)19-14(18)15-8-11-6-4-3-5-10(11)7-12(15)13(16)17/h3-6,9,12H,7-8H2,1-2H3,(H,16,17). The van der Waals surface area contributed by atoms with Crippen molar-refractivity contribution in [2.45, 2.75) is 39.0 Å². The van der Waals surface area contributed by atoms with E-state index in [0.29, 0.717) is 6.42 Å². The summed E-state index contributed by atoms with van der Waals surface area (Å²) in [5.41, 5.74) is 1.95. The van der Waals surface area contributed by atoms with Crippen molar-refractivity contribution in [2.24, 2.45) is 0 Å². The van der Waals surface area contributed by atoms with E-state index in [1.807, 2.05) is 24.3 Å². The summed E-state index contributed by atoms with van der Waals surface area (Å²) in [5, 5.41) is 9.27. The van der Waals surface area contributed by atoms with Gasteiger partial charge in [0.1, 0.15) is 6.04 Å². The van der Waals surface area contributed by atoms with Crippen LogP contribution < -0.4 is 0 Å². The second kappa shape index (κ2) is 5.30. The Hall–Kier alpha value is -2.04. The van der Waals surface area contributed by atoms with Gasteiger partial charge in [-0.05, 0) is 25.0 Å². The first-order valence-electron chi connectivity index (χ1n) is 6.26. The molecule has 0 fully saturated rings. The van der Waals surface area contributed by atoms with Crippen molar-refractivity contribution in [2.75, 3.05) is 0 Å². The molecule has 1 aliphatic heterocycles. The number of carbonyl (C=O) groups is 2. The highest BCUT2D eigenvalue weighted by atomic mass is 16.6. The van der Waals surface area contributed by atoms with Gasteiger partial charge in [-0.3, -0.25) is 4.90 Å². The fraction of sp³-hybridized carbons (Fsp3) is 0.429. The maximum atomic E-state index is 12.0. The Morgan fingerprint density at radius 2 is 1.95 bits per heavy atom. The highest BCUT2D eigenvalue weighted by Gasteiger charge is 2.35. The second-order valence-corrected chi connectivity index (χ2v) is 4.89. The molecule has 1 unspecified atom stereocenters. The fourth-order valence-electron chi connectivity index (χ4n) is 2.20. The van der Waals surface area contributed by atoms with Gasteiger partial charge in [0.05, 0.1) is 12.6 Å². The van der Waals surface area contributed by atoms with Crippen LogP contribution in [-0.4, -0.2) is 34.2 Å². The number of hydrogen-bond acceptors (Lipinski definition) is 3. The van der Waals surface area contributed by atoms with Crippen LogP contribution in [0.4, 0.5) is 4.79 Å². The molecule has 0 saturated carbocycles. The van der Waals surface area contributed by atoms with Crippen LogP contribution in [0.25, 0.3) is 0 Å². The van der Waals surface area contributed by atoms with Crippen molar-refractivity contribution in [3.05, 3.63) is 35.4 Å². The van der Waals surface area contributed by atoms with Crippen LogP contribution in [0.2, 0.25) is 0 Å². The predicted octanol–water partition coefficient (Wildman–Crippen LogP) is 2.04. The molecule has 5 nitrogen and oxygen atoms in total. The maximum absolute atomic E-state index is 12.0. The molecule has 0 radical (unpaired) electrons. The quantitative estimate of drug-likeness (QED) is 0.886. The molecular weight excluding hydrogens is 246 g/mol. The van der Waals surface area contributed by atoms with Crippen molar-refractivity contribution in [1.82, 2.24) is 4.90 Å². The van der Waals surface area contributed by atoms with E-state index in [-0.39, 0.29) is 12.6 Å². The third-order valence-corrected chi connectivity index (χ3v) is 3.10. The Labute approximate surface area is 111 Å². The molecule has 1 heterocycles. The zero-order chi connectivity index (χ0) is 14.0. The van der Waals surface area contributed by atoms with E-state index >= 15 is 0 Å². The molecule has 1 aliphatic rings. The lowest BCUT2D eigenvalue weighted by atomic mass is 9.94. The van der Waals surface area contributed by atoms with E-state index in [9.17, 15) is 14.7 Å². The van der Waals surface area contributed by atoms with Crippen LogP contribution in [0.15, 0.2) is 24.3 Å². The third-order valence-electron chi connectivity index (χ3n) is 3.10. The topological polar surface area (TPSA) is 66.8 Å². The van der Waals surface area contributed by atoms with Crippen molar-refractivity contribution in [3.8, 4) is 0 Å². The van der Waals surface area contributed by atoms with Crippen LogP contribution in [-0.2, 0) is 22.5 Å². The summed E-state index contributed by atoms with van der Waals surface area (Å²) in [5.74, 6) is -1.00. The van der Waals surface area contributed by atoms with Crippen molar-refractivity contribution in [1.29, 1.82) is 0 Å². The summed E-state index contributed by atoms with van der Waals surface area (Å²) in [6.45, 7) is 3.76. The number of amides is 1. The van der Waals surface area contributed by atoms with E-state index in [0.717, 1.165) is 11.1 Å². The van der Waals surface area contributed by atoms with Crippen LogP contribution in [0.3, 0.4) is 0 Å². The molecule has 1 atom stereocenters. The lowest BCUT2D eigenvalue weighted by Crippen LogP contribution is -2.49. The predicted molar refractivity (Wildman–Crippen MR) is 68.7 cm³/mol. The van der Waals surface area contributed by atoms with E-state index in [1.165, 1.54) is 4.90 Å². The number of benzene rings is 1. The van der Waals surface area contributed by atoms with Crippen molar-refractivity contribution in [3.63, 3.8) is 0 Å². The zero-order valence-electron chi connectivity index (χ0n) is 11.0. The minimum Gasteiger partial charge on any atom is -0.480 e. The first kappa shape index (κ1) is 13.4. The monoisotopic (exact) mass is 263 g/mol. The molecule has 102 valence electrons. The van der Waals surface area contributed by atoms with Crippen LogP contribution in [0.5, 0.6) is 0 Å². The Kier molecular flexibility index (Phi) is 3.74. The molecule has 19 heavy (non-hydrogen) atoms. The van der Waals surface area contributed by atoms with Crippen LogP contribution >= 0.6 is 0 Å². The van der Waals surface area contributed by atoms with Gasteiger partial charge in [0.2, 0.25) is 0 Å². The van der Waals surface area contributed by atoms with Gasteiger partial charge < -0.3 is 9.84 Å². The summed E-state index contributed by atoms with van der Waals surface area (Å²) in [7, 11) is 0. The molecule has 0 bridgehead atoms. The molecule has 0 spiro atoms. The molecule has 0 saturated heterocycles. The number of aliphatic carboxylic acids is 1. The molecule has 1 N–H and O–H groups in total. The van der Waals surface area contributed by atoms with Crippen molar-refractivity contribution >= 4 is 12.1 Å². The lowest BCUT2D eigenvalue weighted by Gasteiger charge is -2.34. The normalized spacial score (nSPS) is 18.1. The number of hydrogen-bond donors (Lipinski definition) is 1. The van der Waals surface area contributed by atoms with Gasteiger partial charge in [0, 0.05) is 6.42 Å². The lowest BCUT2D eigenvalue weighted by molar-refractivity contribution is -0.143. The Bertz CT molecular complexity index is 498. The van der Waals surface area contributed by atoms with E-state index in [2.05, 4.69) is 0 Å². The summed E-state index contributed by atoms with van der Waals surface area (Å²) in [6.07, 6.45) is -0.519. The largest absolute Gasteiger partial charge is 0.480 e. The van der Waals surface area contributed by atoms with Gasteiger partial charge in [0.15, 0.2) is 0 Å². The number of fused-ring (bicyclic) bond motifs is 1. The van der Waals surface area contributed by atoms with Gasteiger partial charge in [-0.15, -0.1) is 0 Å². The van der Waals surface area contributed by atoms with E-state index in [4.69, 9.17) is 4.74 Å². The molecule has 1 amide bonds. The first-order chi connectivity index (χ1) is 8.99. The number of carboxylic acid groups (broad SMARTS) is 1. The van der Waals surface area contributed by atoms with Crippen molar-refractivity contribution < 1.29 is 19.4 Å². The highest BCUT2D eigenvalue weighted by molar-refractivity contribution is 5.81. The SMILES string of the molecule is CC(C)OC(=O)N1Cc2ccccc2CC1C(=O)O. The molecule has 0 aliphatic carbocycles. The highest BCUT2D eigenvalue weighted by Crippen LogP contribution is 2.24. The van der Waals surface area contributed by atoms with Crippen LogP contribution in [0.1, 0.15) is 25.0 Å². The second-order valence-electron chi connectivity index (χ2n) is 4.89. The summed E-state index contributed by atoms with van der Waals surface area (Å²) in [6, 6.07) is 6.70. The van der Waals surface area contributed by atoms with Gasteiger partial charge >= 0.3 is 12.1 Å². The Morgan fingerprint density at radius 3 is 2.53 bits per heavy atom. The Morgan fingerprint density at radius 1 is 1.32 bits per heavy atom. The number of carbonyl (C=O) groups excluding carboxylic acids is 1. The Balaban J connectivity index is 2.26. The summed E-state index contributed by atoms with van der Waals surface area (Å²) in [4.78, 5) is 24.6. The summed E-state index contributed by atoms with van der Waals surface area (Å²) < 4.78 is 5.11. The van der Waals surface area contributed by atoms with Gasteiger partial charge in [-0.2, -0.15) is 0 Å². The molecule has 5 heteroatoms. The first-order valence-corrected chi connectivity index (χ1v) is 6.26. The van der Waals surface area contributed by atoms with Gasteiger partial charge in [-0.25, -0.2) is 9.59 Å². The van der Waals surface area contributed by atoms with Crippen LogP contribution in [0, 0.1) is 0 Å². The minimum absolute atomic E-state index is 0.265. The third kappa shape index (κ3) is 2.86. The van der Waals surface area contributed by atoms with Gasteiger partial charge in [-0.1, -0.05) is 24.3 Å².